The molecule has 3 aliphatic rings. The number of amides is 3. The Morgan fingerprint density at radius 2 is 1.64 bits per heavy atom. The lowest BCUT2D eigenvalue weighted by atomic mass is 9.85. The van der Waals surface area contributed by atoms with E-state index < -0.39 is 21.8 Å². The number of imide groups is 1. The van der Waals surface area contributed by atoms with Gasteiger partial charge in [-0.3, -0.25) is 19.3 Å². The Kier molecular flexibility index (Phi) is 4.82. The van der Waals surface area contributed by atoms with Gasteiger partial charge < -0.3 is 4.90 Å². The molecule has 2 aliphatic heterocycles. The van der Waals surface area contributed by atoms with Crippen LogP contribution >= 0.6 is 0 Å². The van der Waals surface area contributed by atoms with Crippen LogP contribution in [0.5, 0.6) is 0 Å². The zero-order chi connectivity index (χ0) is 19.9. The number of nitrogens with zero attached hydrogens (tertiary/aromatic N) is 2. The Bertz CT molecular complexity index is 915. The second-order valence-electron chi connectivity index (χ2n) is 7.57. The average molecular weight is 402 g/mol. The van der Waals surface area contributed by atoms with Crippen molar-refractivity contribution in [1.29, 1.82) is 0 Å². The lowest BCUT2D eigenvalue weighted by molar-refractivity contribution is -0.143. The van der Waals surface area contributed by atoms with Crippen molar-refractivity contribution in [2.45, 2.75) is 25.3 Å². The first-order valence-electron chi connectivity index (χ1n) is 9.45. The van der Waals surface area contributed by atoms with Crippen LogP contribution in [0.1, 0.15) is 19.3 Å². The summed E-state index contributed by atoms with van der Waals surface area (Å²) >= 11 is 0. The van der Waals surface area contributed by atoms with Crippen LogP contribution in [0.2, 0.25) is 0 Å². The van der Waals surface area contributed by atoms with Gasteiger partial charge in [-0.15, -0.1) is 0 Å². The molecule has 0 N–H and O–H groups in total. The van der Waals surface area contributed by atoms with Crippen LogP contribution in [0.3, 0.4) is 0 Å². The number of sulfone groups is 1. The molecule has 7 nitrogen and oxygen atoms in total. The smallest absolute Gasteiger partial charge is 0.247 e. The fraction of sp³-hybridized carbons (Fsp3) is 0.450. The third-order valence-electron chi connectivity index (χ3n) is 5.77. The van der Waals surface area contributed by atoms with Crippen LogP contribution in [0, 0.1) is 11.8 Å². The molecule has 0 saturated carbocycles. The van der Waals surface area contributed by atoms with Gasteiger partial charge in [0.1, 0.15) is 6.54 Å². The van der Waals surface area contributed by atoms with Gasteiger partial charge in [0.05, 0.1) is 29.4 Å². The second-order valence-corrected chi connectivity index (χ2v) is 9.80. The zero-order valence-electron chi connectivity index (χ0n) is 15.4. The summed E-state index contributed by atoms with van der Waals surface area (Å²) in [5.74, 6) is -1.89. The molecule has 0 radical (unpaired) electrons. The molecule has 3 amide bonds. The molecule has 2 heterocycles. The van der Waals surface area contributed by atoms with Crippen LogP contribution in [-0.2, 0) is 24.2 Å². The molecule has 3 unspecified atom stereocenters. The highest BCUT2D eigenvalue weighted by molar-refractivity contribution is 7.91. The van der Waals surface area contributed by atoms with Gasteiger partial charge in [0.25, 0.3) is 0 Å². The number of likely N-dealkylation sites (tertiary alicyclic amines) is 1. The van der Waals surface area contributed by atoms with Crippen molar-refractivity contribution in [2.75, 3.05) is 23.0 Å². The Balaban J connectivity index is 1.58. The van der Waals surface area contributed by atoms with Crippen LogP contribution in [0.25, 0.3) is 0 Å². The van der Waals surface area contributed by atoms with E-state index in [2.05, 4.69) is 0 Å². The van der Waals surface area contributed by atoms with Crippen LogP contribution < -0.4 is 4.90 Å². The predicted molar refractivity (Wildman–Crippen MR) is 103 cm³/mol. The van der Waals surface area contributed by atoms with Gasteiger partial charge >= 0.3 is 0 Å². The Hall–Kier alpha value is -2.48. The molecular formula is C20H22N2O5S. The first kappa shape index (κ1) is 18.9. The van der Waals surface area contributed by atoms with Crippen LogP contribution in [0.15, 0.2) is 42.5 Å². The SMILES string of the molecule is O=C1C2CC=CCC2C(=O)N1CC(=O)N(c1ccccc1)C1CCS(=O)(=O)C1. The predicted octanol–water partition coefficient (Wildman–Crippen LogP) is 1.16. The van der Waals surface area contributed by atoms with Gasteiger partial charge in [0.2, 0.25) is 17.7 Å². The van der Waals surface area contributed by atoms with Crippen molar-refractivity contribution in [3.63, 3.8) is 0 Å². The van der Waals surface area contributed by atoms with Crippen molar-refractivity contribution in [1.82, 2.24) is 4.90 Å². The van der Waals surface area contributed by atoms with Crippen LogP contribution in [-0.4, -0.2) is 55.1 Å². The average Bonchev–Trinajstić information content (AvgIpc) is 3.15. The maximum Gasteiger partial charge on any atom is 0.247 e. The highest BCUT2D eigenvalue weighted by Crippen LogP contribution is 2.35. The topological polar surface area (TPSA) is 91.8 Å². The monoisotopic (exact) mass is 402 g/mol. The number of fused-ring (bicyclic) bond motifs is 1. The molecule has 4 rings (SSSR count). The molecule has 0 bridgehead atoms. The van der Waals surface area contributed by atoms with Gasteiger partial charge in [-0.25, -0.2) is 8.42 Å². The summed E-state index contributed by atoms with van der Waals surface area (Å²) in [7, 11) is -3.20. The van der Waals surface area contributed by atoms with E-state index in [0.717, 1.165) is 4.90 Å². The molecule has 2 fully saturated rings. The fourth-order valence-electron chi connectivity index (χ4n) is 4.36. The maximum atomic E-state index is 13.2. The normalized spacial score (nSPS) is 28.4. The number of allylic oxidation sites excluding steroid dienone is 2. The first-order chi connectivity index (χ1) is 13.4. The standard InChI is InChI=1S/C20H22N2O5S/c23-18(12-21-19(24)16-8-4-5-9-17(16)20(21)25)22(14-6-2-1-3-7-14)15-10-11-28(26,27)13-15/h1-7,15-17H,8-13H2. The number of rotatable bonds is 4. The maximum absolute atomic E-state index is 13.2. The van der Waals surface area contributed by atoms with E-state index in [4.69, 9.17) is 0 Å². The molecule has 28 heavy (non-hydrogen) atoms. The van der Waals surface area contributed by atoms with Crippen LogP contribution in [0.4, 0.5) is 5.69 Å². The van der Waals surface area contributed by atoms with Gasteiger partial charge in [-0.2, -0.15) is 0 Å². The quantitative estimate of drug-likeness (QED) is 0.557. The summed E-state index contributed by atoms with van der Waals surface area (Å²) in [6.07, 6.45) is 5.18. The molecule has 1 aromatic rings. The van der Waals surface area contributed by atoms with Crippen molar-refractivity contribution in [3.8, 4) is 0 Å². The van der Waals surface area contributed by atoms with Gasteiger partial charge in [0.15, 0.2) is 9.84 Å². The van der Waals surface area contributed by atoms with E-state index in [1.165, 1.54) is 4.90 Å². The number of carbonyl (C=O) groups excluding carboxylic acids is 3. The van der Waals surface area contributed by atoms with E-state index in [1.807, 2.05) is 18.2 Å². The summed E-state index contributed by atoms with van der Waals surface area (Å²) in [6, 6.07) is 8.33. The first-order valence-corrected chi connectivity index (χ1v) is 11.3. The van der Waals surface area contributed by atoms with Crippen molar-refractivity contribution < 1.29 is 22.8 Å². The Morgan fingerprint density at radius 3 is 2.18 bits per heavy atom. The number of hydrogen-bond acceptors (Lipinski definition) is 5. The van der Waals surface area contributed by atoms with E-state index >= 15 is 0 Å². The highest BCUT2D eigenvalue weighted by atomic mass is 32.2. The molecule has 148 valence electrons. The molecule has 2 saturated heterocycles. The Morgan fingerprint density at radius 1 is 1.04 bits per heavy atom. The van der Waals surface area contributed by atoms with Crippen molar-refractivity contribution in [3.05, 3.63) is 42.5 Å². The number of hydrogen-bond donors (Lipinski definition) is 0. The van der Waals surface area contributed by atoms with Gasteiger partial charge in [0, 0.05) is 5.69 Å². The lowest BCUT2D eigenvalue weighted by Crippen LogP contribution is -2.48. The summed E-state index contributed by atoms with van der Waals surface area (Å²) in [5, 5.41) is 0. The zero-order valence-corrected chi connectivity index (χ0v) is 16.2. The number of carbonyl (C=O) groups is 3. The molecule has 3 atom stereocenters. The minimum atomic E-state index is -3.20. The lowest BCUT2D eigenvalue weighted by Gasteiger charge is -2.30. The third-order valence-corrected chi connectivity index (χ3v) is 7.52. The fourth-order valence-corrected chi connectivity index (χ4v) is 6.06. The van der Waals surface area contributed by atoms with E-state index in [0.29, 0.717) is 24.9 Å². The summed E-state index contributed by atoms with van der Waals surface area (Å²) in [6.45, 7) is -0.351. The number of anilines is 1. The van der Waals surface area contributed by atoms with E-state index in [9.17, 15) is 22.8 Å². The molecule has 1 aromatic carbocycles. The minimum absolute atomic E-state index is 0.0334. The van der Waals surface area contributed by atoms with Gasteiger partial charge in [-0.05, 0) is 31.4 Å². The second kappa shape index (κ2) is 7.16. The van der Waals surface area contributed by atoms with E-state index in [-0.39, 0.29) is 41.7 Å². The highest BCUT2D eigenvalue weighted by Gasteiger charge is 2.48. The molecular weight excluding hydrogens is 380 g/mol. The number of benzene rings is 1. The summed E-state index contributed by atoms with van der Waals surface area (Å²) in [4.78, 5) is 41.0. The third kappa shape index (κ3) is 3.37. The largest absolute Gasteiger partial charge is 0.307 e. The molecule has 0 spiro atoms. The molecule has 0 aromatic heterocycles. The van der Waals surface area contributed by atoms with Gasteiger partial charge in [-0.1, -0.05) is 30.4 Å². The summed E-state index contributed by atoms with van der Waals surface area (Å²) in [5.41, 5.74) is 0.577. The number of para-hydroxylation sites is 1. The minimum Gasteiger partial charge on any atom is -0.307 e. The van der Waals surface area contributed by atoms with Crippen molar-refractivity contribution in [2.24, 2.45) is 11.8 Å². The van der Waals surface area contributed by atoms with Crippen molar-refractivity contribution >= 4 is 33.2 Å². The molecule has 1 aliphatic carbocycles. The molecule has 8 heteroatoms. The Labute approximate surface area is 163 Å². The summed E-state index contributed by atoms with van der Waals surface area (Å²) < 4.78 is 23.9. The van der Waals surface area contributed by atoms with E-state index in [1.54, 1.807) is 24.3 Å².